The summed E-state index contributed by atoms with van der Waals surface area (Å²) in [6, 6.07) is 10.6. The first-order chi connectivity index (χ1) is 8.26. The van der Waals surface area contributed by atoms with Crippen LogP contribution in [0.3, 0.4) is 0 Å². The van der Waals surface area contributed by atoms with Crippen LogP contribution in [0.4, 0.5) is 0 Å². The summed E-state index contributed by atoms with van der Waals surface area (Å²) in [5.41, 5.74) is 1.33. The summed E-state index contributed by atoms with van der Waals surface area (Å²) in [5, 5.41) is 11.8. The number of nitrogens with zero attached hydrogens (tertiary/aromatic N) is 2. The molecule has 0 saturated heterocycles. The standard InChI is InChI=1S/C13H17N3S/c1-11(16-13(17-2)15-10-14)8-9-12-6-4-3-5-7-12/h3-7,11H,8-9H2,1-2H3,(H,15,16). The fourth-order valence-corrected chi connectivity index (χ4v) is 1.90. The van der Waals surface area contributed by atoms with Crippen LogP contribution >= 0.6 is 11.8 Å². The lowest BCUT2D eigenvalue weighted by atomic mass is 10.1. The van der Waals surface area contributed by atoms with Gasteiger partial charge in [0.1, 0.15) is 0 Å². The Bertz CT molecular complexity index is 395. The molecule has 0 saturated carbocycles. The molecule has 0 amide bonds. The first kappa shape index (κ1) is 13.6. The summed E-state index contributed by atoms with van der Waals surface area (Å²) >= 11 is 1.46. The third-order valence-corrected chi connectivity index (χ3v) is 2.98. The zero-order chi connectivity index (χ0) is 12.5. The molecule has 0 aliphatic rings. The number of aliphatic imine (C=N–C) groups is 1. The number of nitrogens with one attached hydrogen (secondary N) is 1. The molecule has 0 spiro atoms. The van der Waals surface area contributed by atoms with Gasteiger partial charge in [-0.2, -0.15) is 5.26 Å². The van der Waals surface area contributed by atoms with Gasteiger partial charge in [0.05, 0.1) is 6.04 Å². The highest BCUT2D eigenvalue weighted by Crippen LogP contribution is 2.08. The van der Waals surface area contributed by atoms with Crippen molar-refractivity contribution in [2.24, 2.45) is 4.99 Å². The number of aryl methyl sites for hydroxylation is 1. The van der Waals surface area contributed by atoms with Crippen molar-refractivity contribution in [1.82, 2.24) is 5.32 Å². The number of nitriles is 1. The second kappa shape index (κ2) is 7.75. The van der Waals surface area contributed by atoms with Gasteiger partial charge in [-0.3, -0.25) is 10.3 Å². The molecule has 1 unspecified atom stereocenters. The Balaban J connectivity index is 2.44. The van der Waals surface area contributed by atoms with Gasteiger partial charge in [0.2, 0.25) is 0 Å². The molecule has 1 N–H and O–H groups in total. The van der Waals surface area contributed by atoms with E-state index in [9.17, 15) is 0 Å². The lowest BCUT2D eigenvalue weighted by molar-refractivity contribution is 0.668. The second-order valence-electron chi connectivity index (χ2n) is 3.75. The summed E-state index contributed by atoms with van der Waals surface area (Å²) in [6.07, 6.45) is 5.81. The highest BCUT2D eigenvalue weighted by atomic mass is 32.2. The molecule has 0 bridgehead atoms. The van der Waals surface area contributed by atoms with E-state index in [-0.39, 0.29) is 6.04 Å². The van der Waals surface area contributed by atoms with Gasteiger partial charge in [-0.25, -0.2) is 0 Å². The fraction of sp³-hybridized carbons (Fsp3) is 0.385. The molecule has 90 valence electrons. The van der Waals surface area contributed by atoms with Crippen molar-refractivity contribution in [1.29, 1.82) is 5.26 Å². The molecule has 1 atom stereocenters. The first-order valence-corrected chi connectivity index (χ1v) is 6.79. The Hall–Kier alpha value is -1.47. The van der Waals surface area contributed by atoms with Crippen LogP contribution in [0.25, 0.3) is 0 Å². The van der Waals surface area contributed by atoms with Crippen molar-refractivity contribution in [3.05, 3.63) is 35.9 Å². The highest BCUT2D eigenvalue weighted by Gasteiger charge is 2.03. The van der Waals surface area contributed by atoms with Crippen LogP contribution in [0.15, 0.2) is 35.3 Å². The molecule has 0 aromatic heterocycles. The maximum absolute atomic E-state index is 8.53. The number of benzene rings is 1. The SMILES string of the molecule is CSC(=NC(C)CCc1ccccc1)NC#N. The number of thioether (sulfide) groups is 1. The van der Waals surface area contributed by atoms with Crippen molar-refractivity contribution in [2.75, 3.05) is 6.26 Å². The Morgan fingerprint density at radius 1 is 1.47 bits per heavy atom. The molecular weight excluding hydrogens is 230 g/mol. The van der Waals surface area contributed by atoms with E-state index in [1.54, 1.807) is 0 Å². The summed E-state index contributed by atoms with van der Waals surface area (Å²) in [4.78, 5) is 4.45. The Morgan fingerprint density at radius 3 is 2.76 bits per heavy atom. The van der Waals surface area contributed by atoms with Crippen molar-refractivity contribution in [3.63, 3.8) is 0 Å². The zero-order valence-corrected chi connectivity index (χ0v) is 11.0. The van der Waals surface area contributed by atoms with E-state index in [4.69, 9.17) is 5.26 Å². The fourth-order valence-electron chi connectivity index (χ4n) is 1.47. The quantitative estimate of drug-likeness (QED) is 0.385. The topological polar surface area (TPSA) is 48.2 Å². The van der Waals surface area contributed by atoms with Crippen LogP contribution in [-0.2, 0) is 6.42 Å². The van der Waals surface area contributed by atoms with Gasteiger partial charge in [-0.05, 0) is 31.6 Å². The van der Waals surface area contributed by atoms with Gasteiger partial charge in [0.15, 0.2) is 11.4 Å². The van der Waals surface area contributed by atoms with Crippen LogP contribution in [0.1, 0.15) is 18.9 Å². The molecule has 4 heteroatoms. The maximum Gasteiger partial charge on any atom is 0.183 e. The van der Waals surface area contributed by atoms with Crippen molar-refractivity contribution in [2.45, 2.75) is 25.8 Å². The van der Waals surface area contributed by atoms with Crippen LogP contribution in [0, 0.1) is 11.5 Å². The van der Waals surface area contributed by atoms with E-state index >= 15 is 0 Å². The number of hydrogen-bond donors (Lipinski definition) is 1. The summed E-state index contributed by atoms with van der Waals surface area (Å²) < 4.78 is 0. The minimum absolute atomic E-state index is 0.221. The molecule has 1 aromatic rings. The first-order valence-electron chi connectivity index (χ1n) is 5.57. The summed E-state index contributed by atoms with van der Waals surface area (Å²) in [7, 11) is 0. The van der Waals surface area contributed by atoms with E-state index in [0.29, 0.717) is 5.17 Å². The van der Waals surface area contributed by atoms with Gasteiger partial charge in [0, 0.05) is 0 Å². The van der Waals surface area contributed by atoms with Gasteiger partial charge < -0.3 is 0 Å². The van der Waals surface area contributed by atoms with Gasteiger partial charge in [0.25, 0.3) is 0 Å². The smallest absolute Gasteiger partial charge is 0.183 e. The predicted molar refractivity (Wildman–Crippen MR) is 73.9 cm³/mol. The molecule has 17 heavy (non-hydrogen) atoms. The Labute approximate surface area is 107 Å². The highest BCUT2D eigenvalue weighted by molar-refractivity contribution is 8.13. The normalized spacial score (nSPS) is 12.9. The van der Waals surface area contributed by atoms with Gasteiger partial charge in [-0.1, -0.05) is 42.1 Å². The van der Waals surface area contributed by atoms with E-state index in [0.717, 1.165) is 12.8 Å². The zero-order valence-electron chi connectivity index (χ0n) is 10.2. The van der Waals surface area contributed by atoms with Crippen LogP contribution in [0.2, 0.25) is 0 Å². The van der Waals surface area contributed by atoms with E-state index in [2.05, 4.69) is 29.4 Å². The van der Waals surface area contributed by atoms with Gasteiger partial charge >= 0.3 is 0 Å². The third-order valence-electron chi connectivity index (χ3n) is 2.39. The van der Waals surface area contributed by atoms with Crippen molar-refractivity contribution < 1.29 is 0 Å². The molecule has 0 aliphatic carbocycles. The number of hydrogen-bond acceptors (Lipinski definition) is 3. The predicted octanol–water partition coefficient (Wildman–Crippen LogP) is 2.80. The largest absolute Gasteiger partial charge is 0.272 e. The molecule has 0 aliphatic heterocycles. The van der Waals surface area contributed by atoms with E-state index < -0.39 is 0 Å². The lowest BCUT2D eigenvalue weighted by Gasteiger charge is -2.08. The van der Waals surface area contributed by atoms with Crippen LogP contribution in [0.5, 0.6) is 0 Å². The molecule has 0 heterocycles. The summed E-state index contributed by atoms with van der Waals surface area (Å²) in [5.74, 6) is 0. The third kappa shape index (κ3) is 5.41. The number of rotatable bonds is 4. The van der Waals surface area contributed by atoms with Crippen molar-refractivity contribution >= 4 is 16.9 Å². The Morgan fingerprint density at radius 2 is 2.18 bits per heavy atom. The lowest BCUT2D eigenvalue weighted by Crippen LogP contribution is -2.16. The van der Waals surface area contributed by atoms with Gasteiger partial charge in [-0.15, -0.1) is 0 Å². The second-order valence-corrected chi connectivity index (χ2v) is 4.54. The minimum atomic E-state index is 0.221. The van der Waals surface area contributed by atoms with E-state index in [1.165, 1.54) is 17.3 Å². The average molecular weight is 247 g/mol. The van der Waals surface area contributed by atoms with E-state index in [1.807, 2.05) is 30.6 Å². The summed E-state index contributed by atoms with van der Waals surface area (Å²) in [6.45, 7) is 2.07. The minimum Gasteiger partial charge on any atom is -0.272 e. The monoisotopic (exact) mass is 247 g/mol. The Kier molecular flexibility index (Phi) is 6.19. The van der Waals surface area contributed by atoms with Crippen LogP contribution < -0.4 is 5.32 Å². The molecule has 1 aromatic carbocycles. The molecule has 1 rings (SSSR count). The van der Waals surface area contributed by atoms with Crippen molar-refractivity contribution in [3.8, 4) is 6.19 Å². The number of amidine groups is 1. The molecule has 3 nitrogen and oxygen atoms in total. The molecular formula is C13H17N3S. The molecule has 0 fully saturated rings. The molecule has 0 radical (unpaired) electrons. The maximum atomic E-state index is 8.53. The average Bonchev–Trinajstić information content (AvgIpc) is 2.37. The van der Waals surface area contributed by atoms with Crippen LogP contribution in [-0.4, -0.2) is 17.5 Å².